The molecule has 124 valence electrons. The number of fused-ring (bicyclic) bond motifs is 1. The van der Waals surface area contributed by atoms with Gasteiger partial charge < -0.3 is 15.0 Å². The van der Waals surface area contributed by atoms with Crippen LogP contribution in [0.5, 0.6) is 5.75 Å². The molecule has 1 atom stereocenters. The molecule has 4 rings (SSSR count). The fourth-order valence-electron chi connectivity index (χ4n) is 2.91. The number of aryl methyl sites for hydroxylation is 1. The van der Waals surface area contributed by atoms with Gasteiger partial charge in [-0.1, -0.05) is 24.3 Å². The fraction of sp³-hybridized carbons (Fsp3) is 0.105. The molecule has 6 nitrogen and oxygen atoms in total. The predicted molar refractivity (Wildman–Crippen MR) is 96.3 cm³/mol. The molecule has 0 saturated heterocycles. The van der Waals surface area contributed by atoms with Gasteiger partial charge in [0.15, 0.2) is 0 Å². The van der Waals surface area contributed by atoms with Crippen LogP contribution in [-0.2, 0) is 7.05 Å². The molecule has 0 fully saturated rings. The van der Waals surface area contributed by atoms with Gasteiger partial charge in [-0.3, -0.25) is 4.98 Å². The van der Waals surface area contributed by atoms with Gasteiger partial charge in [0.2, 0.25) is 0 Å². The lowest BCUT2D eigenvalue weighted by Gasteiger charge is -2.21. The summed E-state index contributed by atoms with van der Waals surface area (Å²) >= 11 is 0. The molecule has 2 N–H and O–H groups in total. The van der Waals surface area contributed by atoms with Crippen LogP contribution in [0.15, 0.2) is 67.3 Å². The molecule has 0 spiro atoms. The van der Waals surface area contributed by atoms with Crippen molar-refractivity contribution in [1.82, 2.24) is 19.5 Å². The lowest BCUT2D eigenvalue weighted by atomic mass is 10.0. The summed E-state index contributed by atoms with van der Waals surface area (Å²) in [6.45, 7) is 0. The summed E-state index contributed by atoms with van der Waals surface area (Å²) in [5.41, 5.74) is 1.27. The number of aromatic hydroxyl groups is 1. The standard InChI is InChI=1S/C19H17N5O/c1-24-12-11-22-19(24)17(23-15-6-2-3-9-20-15)14-8-7-13-5-4-10-21-16(13)18(14)25/h2-12,17,25H,1H3,(H,20,23). The first-order chi connectivity index (χ1) is 12.2. The van der Waals surface area contributed by atoms with Crippen LogP contribution in [0.2, 0.25) is 0 Å². The summed E-state index contributed by atoms with van der Waals surface area (Å²) in [6, 6.07) is 12.9. The first kappa shape index (κ1) is 15.1. The average Bonchev–Trinajstić information content (AvgIpc) is 3.07. The van der Waals surface area contributed by atoms with Crippen molar-refractivity contribution in [3.8, 4) is 5.75 Å². The number of rotatable bonds is 4. The summed E-state index contributed by atoms with van der Waals surface area (Å²) in [4.78, 5) is 13.1. The fourth-order valence-corrected chi connectivity index (χ4v) is 2.91. The molecular formula is C19H17N5O. The summed E-state index contributed by atoms with van der Waals surface area (Å²) in [7, 11) is 1.92. The zero-order chi connectivity index (χ0) is 17.2. The monoisotopic (exact) mass is 331 g/mol. The number of anilines is 1. The molecule has 0 aliphatic rings. The average molecular weight is 331 g/mol. The van der Waals surface area contributed by atoms with E-state index in [1.165, 1.54) is 0 Å². The second kappa shape index (κ2) is 6.24. The van der Waals surface area contributed by atoms with Crippen molar-refractivity contribution >= 4 is 16.7 Å². The molecule has 3 heterocycles. The van der Waals surface area contributed by atoms with Gasteiger partial charge in [-0.05, 0) is 18.2 Å². The first-order valence-corrected chi connectivity index (χ1v) is 7.95. The highest BCUT2D eigenvalue weighted by Crippen LogP contribution is 2.35. The zero-order valence-corrected chi connectivity index (χ0v) is 13.7. The Bertz CT molecular complexity index is 1010. The number of pyridine rings is 2. The third kappa shape index (κ3) is 2.78. The van der Waals surface area contributed by atoms with E-state index in [0.717, 1.165) is 11.2 Å². The van der Waals surface area contributed by atoms with Crippen LogP contribution in [0, 0.1) is 0 Å². The maximum absolute atomic E-state index is 10.8. The molecule has 1 aromatic carbocycles. The van der Waals surface area contributed by atoms with E-state index in [2.05, 4.69) is 20.3 Å². The van der Waals surface area contributed by atoms with Crippen LogP contribution in [0.4, 0.5) is 5.82 Å². The van der Waals surface area contributed by atoms with Gasteiger partial charge in [-0.25, -0.2) is 9.97 Å². The quantitative estimate of drug-likeness (QED) is 0.600. The number of nitrogens with zero attached hydrogens (tertiary/aromatic N) is 4. The van der Waals surface area contributed by atoms with Crippen molar-refractivity contribution in [2.45, 2.75) is 6.04 Å². The molecule has 0 amide bonds. The second-order valence-corrected chi connectivity index (χ2v) is 5.77. The summed E-state index contributed by atoms with van der Waals surface area (Å²) in [5.74, 6) is 1.63. The van der Waals surface area contributed by atoms with Gasteiger partial charge in [0.1, 0.15) is 29.0 Å². The lowest BCUT2D eigenvalue weighted by Crippen LogP contribution is -2.17. The number of nitrogens with one attached hydrogen (secondary N) is 1. The Morgan fingerprint density at radius 2 is 1.84 bits per heavy atom. The number of aromatic nitrogens is 4. The summed E-state index contributed by atoms with van der Waals surface area (Å²) < 4.78 is 1.92. The highest BCUT2D eigenvalue weighted by Gasteiger charge is 2.23. The Morgan fingerprint density at radius 3 is 2.60 bits per heavy atom. The maximum Gasteiger partial charge on any atom is 0.147 e. The van der Waals surface area contributed by atoms with E-state index in [9.17, 15) is 5.11 Å². The van der Waals surface area contributed by atoms with Crippen LogP contribution >= 0.6 is 0 Å². The largest absolute Gasteiger partial charge is 0.505 e. The third-order valence-electron chi connectivity index (χ3n) is 4.16. The third-order valence-corrected chi connectivity index (χ3v) is 4.16. The van der Waals surface area contributed by atoms with Gasteiger partial charge in [0, 0.05) is 42.8 Å². The molecule has 0 aliphatic heterocycles. The van der Waals surface area contributed by atoms with E-state index in [1.807, 2.05) is 60.3 Å². The normalized spacial score (nSPS) is 12.2. The Kier molecular flexibility index (Phi) is 3.78. The van der Waals surface area contributed by atoms with E-state index < -0.39 is 0 Å². The van der Waals surface area contributed by atoms with Crippen molar-refractivity contribution < 1.29 is 5.11 Å². The van der Waals surface area contributed by atoms with Crippen LogP contribution in [0.1, 0.15) is 17.4 Å². The Morgan fingerprint density at radius 1 is 0.960 bits per heavy atom. The van der Waals surface area contributed by atoms with Crippen LogP contribution < -0.4 is 5.32 Å². The minimum absolute atomic E-state index is 0.148. The number of phenolic OH excluding ortho intramolecular Hbond substituents is 1. The molecule has 1 unspecified atom stereocenters. The van der Waals surface area contributed by atoms with Gasteiger partial charge in [-0.2, -0.15) is 0 Å². The van der Waals surface area contributed by atoms with Crippen LogP contribution in [-0.4, -0.2) is 24.6 Å². The second-order valence-electron chi connectivity index (χ2n) is 5.77. The lowest BCUT2D eigenvalue weighted by molar-refractivity contribution is 0.470. The molecule has 6 heteroatoms. The van der Waals surface area contributed by atoms with Crippen LogP contribution in [0.25, 0.3) is 10.9 Å². The highest BCUT2D eigenvalue weighted by atomic mass is 16.3. The van der Waals surface area contributed by atoms with Crippen molar-refractivity contribution in [2.75, 3.05) is 5.32 Å². The number of hydrogen-bond donors (Lipinski definition) is 2. The van der Waals surface area contributed by atoms with Crippen molar-refractivity contribution in [1.29, 1.82) is 0 Å². The van der Waals surface area contributed by atoms with Gasteiger partial charge in [0.25, 0.3) is 0 Å². The number of phenols is 1. The van der Waals surface area contributed by atoms with E-state index in [0.29, 0.717) is 16.9 Å². The van der Waals surface area contributed by atoms with E-state index >= 15 is 0 Å². The predicted octanol–water partition coefficient (Wildman–Crippen LogP) is 3.27. The minimum Gasteiger partial charge on any atom is -0.505 e. The molecular weight excluding hydrogens is 314 g/mol. The van der Waals surface area contributed by atoms with Crippen molar-refractivity contribution in [3.63, 3.8) is 0 Å². The smallest absolute Gasteiger partial charge is 0.147 e. The molecule has 0 radical (unpaired) electrons. The van der Waals surface area contributed by atoms with Crippen LogP contribution in [0.3, 0.4) is 0 Å². The van der Waals surface area contributed by atoms with E-state index in [4.69, 9.17) is 0 Å². The van der Waals surface area contributed by atoms with Crippen molar-refractivity contribution in [2.24, 2.45) is 7.05 Å². The Hall–Kier alpha value is -3.41. The Balaban J connectivity index is 1.86. The minimum atomic E-state index is -0.360. The summed E-state index contributed by atoms with van der Waals surface area (Å²) in [5, 5.41) is 15.1. The maximum atomic E-state index is 10.8. The summed E-state index contributed by atoms with van der Waals surface area (Å²) in [6.07, 6.45) is 7.00. The van der Waals surface area contributed by atoms with Gasteiger partial charge in [-0.15, -0.1) is 0 Å². The number of hydrogen-bond acceptors (Lipinski definition) is 5. The number of benzene rings is 1. The molecule has 25 heavy (non-hydrogen) atoms. The molecule has 4 aromatic rings. The van der Waals surface area contributed by atoms with Gasteiger partial charge in [0.05, 0.1) is 0 Å². The molecule has 0 bridgehead atoms. The van der Waals surface area contributed by atoms with Gasteiger partial charge >= 0.3 is 0 Å². The SMILES string of the molecule is Cn1ccnc1C(Nc1ccccn1)c1ccc2cccnc2c1O. The highest BCUT2D eigenvalue weighted by molar-refractivity contribution is 5.85. The molecule has 3 aromatic heterocycles. The Labute approximate surface area is 144 Å². The number of imidazole rings is 1. The van der Waals surface area contributed by atoms with E-state index in [1.54, 1.807) is 18.6 Å². The molecule has 0 aliphatic carbocycles. The van der Waals surface area contributed by atoms with Crippen molar-refractivity contribution in [3.05, 3.63) is 78.6 Å². The first-order valence-electron chi connectivity index (χ1n) is 7.95. The van der Waals surface area contributed by atoms with E-state index in [-0.39, 0.29) is 11.8 Å². The topological polar surface area (TPSA) is 75.9 Å². The molecule has 0 saturated carbocycles. The zero-order valence-electron chi connectivity index (χ0n) is 13.7.